The number of halogens is 1. The number of ether oxygens (including phenoxy) is 2. The van der Waals surface area contributed by atoms with Crippen LogP contribution in [0.3, 0.4) is 0 Å². The van der Waals surface area contributed by atoms with Gasteiger partial charge < -0.3 is 15.2 Å². The first-order chi connectivity index (χ1) is 10.0. The summed E-state index contributed by atoms with van der Waals surface area (Å²) >= 11 is 0. The van der Waals surface area contributed by atoms with Crippen LogP contribution in [0.1, 0.15) is 25.7 Å². The van der Waals surface area contributed by atoms with Gasteiger partial charge in [-0.15, -0.1) is 12.4 Å². The third-order valence-corrected chi connectivity index (χ3v) is 6.69. The van der Waals surface area contributed by atoms with E-state index in [0.29, 0.717) is 26.0 Å². The first-order valence-electron chi connectivity index (χ1n) is 7.39. The highest BCUT2D eigenvalue weighted by Gasteiger charge is 2.44. The molecule has 0 aromatic rings. The maximum atomic E-state index is 12.9. The maximum absolute atomic E-state index is 12.9. The standard InChI is InChI=1S/C13H24N2O5S.ClH/c1-19-13(16)11-4-2-3-5-12(11)21(17,18)15-6-7-20-10(8-14)9-15;/h10-12H,2-9,14H2,1H3;1H. The van der Waals surface area contributed by atoms with Gasteiger partial charge in [-0.3, -0.25) is 4.79 Å². The van der Waals surface area contributed by atoms with Crippen LogP contribution in [0, 0.1) is 5.92 Å². The quantitative estimate of drug-likeness (QED) is 0.719. The SMILES string of the molecule is COC(=O)C1CCCCC1S(=O)(=O)N1CCOC(CN)C1.Cl. The van der Waals surface area contributed by atoms with Gasteiger partial charge in [0.05, 0.1) is 31.0 Å². The molecule has 130 valence electrons. The Hall–Kier alpha value is -0.410. The summed E-state index contributed by atoms with van der Waals surface area (Å²) in [5, 5.41) is -0.685. The average Bonchev–Trinajstić information content (AvgIpc) is 2.54. The van der Waals surface area contributed by atoms with Gasteiger partial charge in [-0.05, 0) is 12.8 Å². The molecule has 1 saturated carbocycles. The predicted octanol–water partition coefficient (Wildman–Crippen LogP) is 0.129. The Balaban J connectivity index is 0.00000242. The number of nitrogens with zero attached hydrogens (tertiary/aromatic N) is 1. The van der Waals surface area contributed by atoms with Crippen molar-refractivity contribution in [1.82, 2.24) is 4.31 Å². The van der Waals surface area contributed by atoms with E-state index in [-0.39, 0.29) is 31.6 Å². The van der Waals surface area contributed by atoms with Crippen molar-refractivity contribution in [3.8, 4) is 0 Å². The summed E-state index contributed by atoms with van der Waals surface area (Å²) in [6.45, 7) is 1.22. The summed E-state index contributed by atoms with van der Waals surface area (Å²) in [4.78, 5) is 11.9. The summed E-state index contributed by atoms with van der Waals surface area (Å²) in [5.74, 6) is -0.986. The summed E-state index contributed by atoms with van der Waals surface area (Å²) < 4.78 is 37.3. The van der Waals surface area contributed by atoms with Gasteiger partial charge in [-0.2, -0.15) is 4.31 Å². The van der Waals surface area contributed by atoms with Gasteiger partial charge in [0.2, 0.25) is 10.0 Å². The van der Waals surface area contributed by atoms with E-state index in [2.05, 4.69) is 0 Å². The molecule has 0 spiro atoms. The van der Waals surface area contributed by atoms with Crippen LogP contribution in [0.5, 0.6) is 0 Å². The first-order valence-corrected chi connectivity index (χ1v) is 8.89. The van der Waals surface area contributed by atoms with E-state index in [0.717, 1.165) is 12.8 Å². The van der Waals surface area contributed by atoms with E-state index in [1.54, 1.807) is 0 Å². The molecule has 1 heterocycles. The molecule has 3 unspecified atom stereocenters. The van der Waals surface area contributed by atoms with Crippen molar-refractivity contribution in [1.29, 1.82) is 0 Å². The lowest BCUT2D eigenvalue weighted by Gasteiger charge is -2.37. The number of esters is 1. The molecule has 22 heavy (non-hydrogen) atoms. The summed E-state index contributed by atoms with van der Waals surface area (Å²) in [5.41, 5.74) is 5.56. The zero-order valence-corrected chi connectivity index (χ0v) is 14.4. The topological polar surface area (TPSA) is 98.9 Å². The van der Waals surface area contributed by atoms with Crippen LogP contribution >= 0.6 is 12.4 Å². The Bertz CT molecular complexity index is 473. The number of sulfonamides is 1. The van der Waals surface area contributed by atoms with Crippen molar-refractivity contribution in [2.24, 2.45) is 11.7 Å². The number of carbonyl (C=O) groups is 1. The van der Waals surface area contributed by atoms with Gasteiger partial charge >= 0.3 is 5.97 Å². The van der Waals surface area contributed by atoms with Crippen LogP contribution in [0.4, 0.5) is 0 Å². The summed E-state index contributed by atoms with van der Waals surface area (Å²) in [7, 11) is -2.23. The molecule has 2 rings (SSSR count). The molecule has 7 nitrogen and oxygen atoms in total. The Morgan fingerprint density at radius 1 is 1.36 bits per heavy atom. The van der Waals surface area contributed by atoms with E-state index in [1.807, 2.05) is 0 Å². The monoisotopic (exact) mass is 356 g/mol. The first kappa shape index (κ1) is 19.6. The lowest BCUT2D eigenvalue weighted by molar-refractivity contribution is -0.146. The fourth-order valence-corrected chi connectivity index (χ4v) is 5.34. The molecule has 0 amide bonds. The molecular formula is C13H25ClN2O5S. The number of methoxy groups -OCH3 is 1. The smallest absolute Gasteiger partial charge is 0.310 e. The molecule has 1 saturated heterocycles. The van der Waals surface area contributed by atoms with Crippen LogP contribution in [-0.2, 0) is 24.3 Å². The molecule has 3 atom stereocenters. The van der Waals surface area contributed by atoms with Crippen LogP contribution < -0.4 is 5.73 Å². The second kappa shape index (κ2) is 8.44. The van der Waals surface area contributed by atoms with Crippen molar-refractivity contribution in [3.63, 3.8) is 0 Å². The van der Waals surface area contributed by atoms with E-state index in [1.165, 1.54) is 11.4 Å². The molecular weight excluding hydrogens is 332 g/mol. The molecule has 0 radical (unpaired) electrons. The Kier molecular flexibility index (Phi) is 7.54. The Morgan fingerprint density at radius 2 is 2.05 bits per heavy atom. The minimum Gasteiger partial charge on any atom is -0.469 e. The Labute approximate surface area is 138 Å². The van der Waals surface area contributed by atoms with Gasteiger partial charge in [0.25, 0.3) is 0 Å². The van der Waals surface area contributed by atoms with E-state index >= 15 is 0 Å². The van der Waals surface area contributed by atoms with Crippen molar-refractivity contribution in [2.45, 2.75) is 37.0 Å². The van der Waals surface area contributed by atoms with Crippen molar-refractivity contribution in [3.05, 3.63) is 0 Å². The molecule has 0 aromatic heterocycles. The zero-order valence-electron chi connectivity index (χ0n) is 12.8. The number of carbonyl (C=O) groups excluding carboxylic acids is 1. The molecule has 2 fully saturated rings. The second-order valence-electron chi connectivity index (χ2n) is 5.58. The fraction of sp³-hybridized carbons (Fsp3) is 0.923. The second-order valence-corrected chi connectivity index (χ2v) is 7.74. The number of rotatable bonds is 4. The van der Waals surface area contributed by atoms with Gasteiger partial charge in [-0.1, -0.05) is 12.8 Å². The lowest BCUT2D eigenvalue weighted by atomic mass is 9.89. The van der Waals surface area contributed by atoms with Gasteiger partial charge in [-0.25, -0.2) is 8.42 Å². The van der Waals surface area contributed by atoms with Crippen LogP contribution in [0.2, 0.25) is 0 Å². The number of hydrogen-bond acceptors (Lipinski definition) is 6. The predicted molar refractivity (Wildman–Crippen MR) is 84.3 cm³/mol. The van der Waals surface area contributed by atoms with Crippen LogP contribution in [0.25, 0.3) is 0 Å². The lowest BCUT2D eigenvalue weighted by Crippen LogP contribution is -2.53. The molecule has 0 bridgehead atoms. The van der Waals surface area contributed by atoms with E-state index < -0.39 is 27.2 Å². The maximum Gasteiger partial charge on any atom is 0.310 e. The fourth-order valence-electron chi connectivity index (χ4n) is 3.13. The summed E-state index contributed by atoms with van der Waals surface area (Å²) in [6, 6.07) is 0. The third kappa shape index (κ3) is 4.11. The third-order valence-electron chi connectivity index (χ3n) is 4.31. The molecule has 0 aromatic carbocycles. The number of hydrogen-bond donors (Lipinski definition) is 1. The normalized spacial score (nSPS) is 30.4. The van der Waals surface area contributed by atoms with Gasteiger partial charge in [0.1, 0.15) is 0 Å². The molecule has 1 aliphatic carbocycles. The average molecular weight is 357 g/mol. The molecule has 9 heteroatoms. The van der Waals surface area contributed by atoms with Gasteiger partial charge in [0, 0.05) is 19.6 Å². The summed E-state index contributed by atoms with van der Waals surface area (Å²) in [6.07, 6.45) is 2.49. The zero-order chi connectivity index (χ0) is 15.5. The molecule has 2 N–H and O–H groups in total. The Morgan fingerprint density at radius 3 is 2.68 bits per heavy atom. The highest BCUT2D eigenvalue weighted by atomic mass is 35.5. The van der Waals surface area contributed by atoms with Crippen molar-refractivity contribution in [2.75, 3.05) is 33.4 Å². The highest BCUT2D eigenvalue weighted by molar-refractivity contribution is 7.89. The van der Waals surface area contributed by atoms with Crippen molar-refractivity contribution < 1.29 is 22.7 Å². The van der Waals surface area contributed by atoms with Crippen molar-refractivity contribution >= 4 is 28.4 Å². The highest BCUT2D eigenvalue weighted by Crippen LogP contribution is 2.32. The largest absolute Gasteiger partial charge is 0.469 e. The minimum atomic E-state index is -3.54. The van der Waals surface area contributed by atoms with E-state index in [9.17, 15) is 13.2 Å². The van der Waals surface area contributed by atoms with Crippen LogP contribution in [0.15, 0.2) is 0 Å². The van der Waals surface area contributed by atoms with Crippen LogP contribution in [-0.4, -0.2) is 63.4 Å². The number of nitrogens with two attached hydrogens (primary N) is 1. The molecule has 1 aliphatic heterocycles. The molecule has 2 aliphatic rings. The number of morpholine rings is 1. The minimum absolute atomic E-state index is 0. The van der Waals surface area contributed by atoms with E-state index in [4.69, 9.17) is 15.2 Å². The van der Waals surface area contributed by atoms with Gasteiger partial charge in [0.15, 0.2) is 0 Å².